The zero-order chi connectivity index (χ0) is 18.1. The van der Waals surface area contributed by atoms with Crippen LogP contribution in [-0.2, 0) is 20.9 Å². The van der Waals surface area contributed by atoms with Crippen molar-refractivity contribution in [1.82, 2.24) is 10.2 Å². The number of hydrogen-bond donors (Lipinski definition) is 1. The highest BCUT2D eigenvalue weighted by molar-refractivity contribution is 5.88. The van der Waals surface area contributed by atoms with Crippen LogP contribution in [-0.4, -0.2) is 43.0 Å². The Bertz CT molecular complexity index is 532. The molecule has 0 saturated heterocycles. The maximum atomic E-state index is 13.0. The number of carbonyl (C=O) groups excluding carboxylic acids is 2. The van der Waals surface area contributed by atoms with E-state index in [0.717, 1.165) is 5.56 Å². The number of ether oxygens (including phenoxy) is 1. The summed E-state index contributed by atoms with van der Waals surface area (Å²) in [6.45, 7) is 6.63. The number of halogens is 1. The molecule has 1 rings (SSSR count). The molecular formula is C18H27FN2O3. The molecule has 0 aliphatic rings. The van der Waals surface area contributed by atoms with Gasteiger partial charge in [-0.3, -0.25) is 9.59 Å². The quantitative estimate of drug-likeness (QED) is 0.703. The molecule has 0 bridgehead atoms. The second-order valence-corrected chi connectivity index (χ2v) is 6.06. The number of carbonyl (C=O) groups is 2. The van der Waals surface area contributed by atoms with Crippen LogP contribution in [0.5, 0.6) is 0 Å². The van der Waals surface area contributed by atoms with E-state index < -0.39 is 6.04 Å². The lowest BCUT2D eigenvalue weighted by Crippen LogP contribution is -2.49. The first-order valence-electron chi connectivity index (χ1n) is 8.18. The second kappa shape index (κ2) is 10.0. The average Bonchev–Trinajstić information content (AvgIpc) is 2.56. The molecule has 0 aliphatic carbocycles. The van der Waals surface area contributed by atoms with Crippen molar-refractivity contribution in [3.05, 3.63) is 35.6 Å². The van der Waals surface area contributed by atoms with Crippen molar-refractivity contribution in [3.63, 3.8) is 0 Å². The van der Waals surface area contributed by atoms with Gasteiger partial charge in [-0.2, -0.15) is 0 Å². The minimum Gasteiger partial charge on any atom is -0.385 e. The van der Waals surface area contributed by atoms with Crippen LogP contribution in [0.4, 0.5) is 4.39 Å². The standard InChI is InChI=1S/C18H27FN2O3/c1-13(2)18(23)21(12-15-6-8-16(19)9-7-15)14(3)17(22)20-10-5-11-24-4/h6-9,13-14H,5,10-12H2,1-4H3,(H,20,22)/t14-/m1/s1. The number of methoxy groups -OCH3 is 1. The molecule has 1 N–H and O–H groups in total. The van der Waals surface area contributed by atoms with E-state index >= 15 is 0 Å². The summed E-state index contributed by atoms with van der Waals surface area (Å²) < 4.78 is 18.0. The van der Waals surface area contributed by atoms with Crippen LogP contribution < -0.4 is 5.32 Å². The first kappa shape index (κ1) is 20.1. The van der Waals surface area contributed by atoms with Gasteiger partial charge in [0.2, 0.25) is 11.8 Å². The summed E-state index contributed by atoms with van der Waals surface area (Å²) >= 11 is 0. The summed E-state index contributed by atoms with van der Waals surface area (Å²) in [4.78, 5) is 26.3. The van der Waals surface area contributed by atoms with Crippen molar-refractivity contribution in [2.75, 3.05) is 20.3 Å². The van der Waals surface area contributed by atoms with Crippen LogP contribution in [0.1, 0.15) is 32.8 Å². The van der Waals surface area contributed by atoms with E-state index in [1.165, 1.54) is 17.0 Å². The smallest absolute Gasteiger partial charge is 0.242 e. The van der Waals surface area contributed by atoms with E-state index in [1.54, 1.807) is 40.0 Å². The van der Waals surface area contributed by atoms with E-state index in [2.05, 4.69) is 5.32 Å². The van der Waals surface area contributed by atoms with Gasteiger partial charge in [0.1, 0.15) is 11.9 Å². The lowest BCUT2D eigenvalue weighted by atomic mass is 10.1. The summed E-state index contributed by atoms with van der Waals surface area (Å²) in [6, 6.07) is 5.34. The van der Waals surface area contributed by atoms with Crippen LogP contribution in [0.15, 0.2) is 24.3 Å². The number of hydrogen-bond acceptors (Lipinski definition) is 3. The van der Waals surface area contributed by atoms with Gasteiger partial charge >= 0.3 is 0 Å². The molecule has 0 saturated carbocycles. The molecule has 5 nitrogen and oxygen atoms in total. The number of nitrogens with one attached hydrogen (secondary N) is 1. The van der Waals surface area contributed by atoms with Crippen LogP contribution >= 0.6 is 0 Å². The third-order valence-corrected chi connectivity index (χ3v) is 3.71. The maximum Gasteiger partial charge on any atom is 0.242 e. The number of nitrogens with zero attached hydrogens (tertiary/aromatic N) is 1. The molecule has 0 aliphatic heterocycles. The fraction of sp³-hybridized carbons (Fsp3) is 0.556. The third-order valence-electron chi connectivity index (χ3n) is 3.71. The van der Waals surface area contributed by atoms with Crippen molar-refractivity contribution in [3.8, 4) is 0 Å². The highest BCUT2D eigenvalue weighted by Gasteiger charge is 2.27. The molecule has 1 aromatic rings. The summed E-state index contributed by atoms with van der Waals surface area (Å²) in [5.74, 6) is -0.875. The lowest BCUT2D eigenvalue weighted by Gasteiger charge is -2.30. The zero-order valence-electron chi connectivity index (χ0n) is 14.8. The first-order valence-corrected chi connectivity index (χ1v) is 8.18. The van der Waals surface area contributed by atoms with Gasteiger partial charge in [0.15, 0.2) is 0 Å². The molecule has 0 aromatic heterocycles. The molecule has 2 amide bonds. The fourth-order valence-electron chi connectivity index (χ4n) is 2.24. The predicted octanol–water partition coefficient (Wildman–Crippen LogP) is 2.35. The van der Waals surface area contributed by atoms with Crippen LogP contribution in [0.3, 0.4) is 0 Å². The van der Waals surface area contributed by atoms with Crippen molar-refractivity contribution >= 4 is 11.8 Å². The van der Waals surface area contributed by atoms with Crippen molar-refractivity contribution in [2.45, 2.75) is 39.8 Å². The molecule has 0 radical (unpaired) electrons. The number of rotatable bonds is 9. The lowest BCUT2D eigenvalue weighted by molar-refractivity contribution is -0.143. The summed E-state index contributed by atoms with van der Waals surface area (Å²) in [7, 11) is 1.61. The van der Waals surface area contributed by atoms with E-state index in [1.807, 2.05) is 0 Å². The van der Waals surface area contributed by atoms with Crippen LogP contribution in [0.25, 0.3) is 0 Å². The molecule has 6 heteroatoms. The maximum absolute atomic E-state index is 13.0. The van der Waals surface area contributed by atoms with Gasteiger partial charge in [0.25, 0.3) is 0 Å². The fourth-order valence-corrected chi connectivity index (χ4v) is 2.24. The van der Waals surface area contributed by atoms with Gasteiger partial charge in [-0.25, -0.2) is 4.39 Å². The van der Waals surface area contributed by atoms with E-state index in [9.17, 15) is 14.0 Å². The van der Waals surface area contributed by atoms with Gasteiger partial charge in [0, 0.05) is 32.7 Å². The highest BCUT2D eigenvalue weighted by atomic mass is 19.1. The SMILES string of the molecule is COCCCNC(=O)[C@@H](C)N(Cc1ccc(F)cc1)C(=O)C(C)C. The molecule has 0 heterocycles. The number of amides is 2. The Labute approximate surface area is 143 Å². The van der Waals surface area contributed by atoms with Crippen molar-refractivity contribution < 1.29 is 18.7 Å². The minimum absolute atomic E-state index is 0.112. The number of benzene rings is 1. The van der Waals surface area contributed by atoms with Crippen LogP contribution in [0.2, 0.25) is 0 Å². The largest absolute Gasteiger partial charge is 0.385 e. The normalized spacial score (nSPS) is 12.1. The van der Waals surface area contributed by atoms with Gasteiger partial charge < -0.3 is 15.0 Å². The summed E-state index contributed by atoms with van der Waals surface area (Å²) in [5, 5.41) is 2.81. The molecule has 0 fully saturated rings. The Kier molecular flexibility index (Phi) is 8.40. The van der Waals surface area contributed by atoms with Gasteiger partial charge in [-0.15, -0.1) is 0 Å². The van der Waals surface area contributed by atoms with Gasteiger partial charge in [0.05, 0.1) is 0 Å². The minimum atomic E-state index is -0.604. The average molecular weight is 338 g/mol. The highest BCUT2D eigenvalue weighted by Crippen LogP contribution is 2.13. The second-order valence-electron chi connectivity index (χ2n) is 6.06. The van der Waals surface area contributed by atoms with E-state index in [-0.39, 0.29) is 30.1 Å². The summed E-state index contributed by atoms with van der Waals surface area (Å²) in [6.07, 6.45) is 0.713. The van der Waals surface area contributed by atoms with Gasteiger partial charge in [-0.05, 0) is 31.0 Å². The molecular weight excluding hydrogens is 311 g/mol. The van der Waals surface area contributed by atoms with Crippen LogP contribution in [0, 0.1) is 11.7 Å². The molecule has 0 spiro atoms. The van der Waals surface area contributed by atoms with Gasteiger partial charge in [-0.1, -0.05) is 26.0 Å². The van der Waals surface area contributed by atoms with E-state index in [0.29, 0.717) is 19.6 Å². The Hall–Kier alpha value is -1.95. The summed E-state index contributed by atoms with van der Waals surface area (Å²) in [5.41, 5.74) is 0.782. The molecule has 24 heavy (non-hydrogen) atoms. The zero-order valence-corrected chi connectivity index (χ0v) is 14.8. The first-order chi connectivity index (χ1) is 11.4. The van der Waals surface area contributed by atoms with E-state index in [4.69, 9.17) is 4.74 Å². The molecule has 1 atom stereocenters. The Morgan fingerprint density at radius 3 is 2.38 bits per heavy atom. The molecule has 0 unspecified atom stereocenters. The Morgan fingerprint density at radius 2 is 1.83 bits per heavy atom. The van der Waals surface area contributed by atoms with Crippen molar-refractivity contribution in [2.24, 2.45) is 5.92 Å². The topological polar surface area (TPSA) is 58.6 Å². The molecule has 134 valence electrons. The third kappa shape index (κ3) is 6.28. The predicted molar refractivity (Wildman–Crippen MR) is 90.8 cm³/mol. The Balaban J connectivity index is 2.78. The van der Waals surface area contributed by atoms with Crippen molar-refractivity contribution in [1.29, 1.82) is 0 Å². The monoisotopic (exact) mass is 338 g/mol. The molecule has 1 aromatic carbocycles. The Morgan fingerprint density at radius 1 is 1.21 bits per heavy atom.